The summed E-state index contributed by atoms with van der Waals surface area (Å²) in [5.74, 6) is 0.615. The standard InChI is InChI=1S/C11H23N3O/c1-4-5-13-11(15)9(3)14-6-8(2)10(12)7-14/h8-10H,4-7,12H2,1-3H3,(H,13,15). The fraction of sp³-hybridized carbons (Fsp3) is 0.909. The van der Waals surface area contributed by atoms with E-state index in [-0.39, 0.29) is 18.0 Å². The number of nitrogens with two attached hydrogens (primary N) is 1. The van der Waals surface area contributed by atoms with Gasteiger partial charge in [-0.2, -0.15) is 0 Å². The van der Waals surface area contributed by atoms with Gasteiger partial charge in [-0.3, -0.25) is 9.69 Å². The van der Waals surface area contributed by atoms with Gasteiger partial charge in [-0.25, -0.2) is 0 Å². The first-order chi connectivity index (χ1) is 7.06. The van der Waals surface area contributed by atoms with Crippen molar-refractivity contribution in [1.29, 1.82) is 0 Å². The Morgan fingerprint density at radius 1 is 1.60 bits per heavy atom. The summed E-state index contributed by atoms with van der Waals surface area (Å²) in [7, 11) is 0. The Kier molecular flexibility index (Phi) is 4.54. The second kappa shape index (κ2) is 5.47. The van der Waals surface area contributed by atoms with Gasteiger partial charge in [-0.15, -0.1) is 0 Å². The highest BCUT2D eigenvalue weighted by molar-refractivity contribution is 5.81. The van der Waals surface area contributed by atoms with E-state index in [1.807, 2.05) is 6.92 Å². The van der Waals surface area contributed by atoms with Crippen molar-refractivity contribution in [2.24, 2.45) is 11.7 Å². The van der Waals surface area contributed by atoms with Gasteiger partial charge in [0.05, 0.1) is 6.04 Å². The van der Waals surface area contributed by atoms with Crippen molar-refractivity contribution in [2.75, 3.05) is 19.6 Å². The van der Waals surface area contributed by atoms with Gasteiger partial charge in [0, 0.05) is 25.7 Å². The van der Waals surface area contributed by atoms with Gasteiger partial charge in [0.2, 0.25) is 5.91 Å². The van der Waals surface area contributed by atoms with Crippen LogP contribution >= 0.6 is 0 Å². The molecule has 15 heavy (non-hydrogen) atoms. The van der Waals surface area contributed by atoms with Crippen molar-refractivity contribution in [3.8, 4) is 0 Å². The molecule has 1 saturated heterocycles. The zero-order chi connectivity index (χ0) is 11.4. The molecule has 0 aromatic heterocycles. The van der Waals surface area contributed by atoms with Gasteiger partial charge >= 0.3 is 0 Å². The molecule has 1 amide bonds. The molecule has 0 radical (unpaired) electrons. The Morgan fingerprint density at radius 2 is 2.27 bits per heavy atom. The molecule has 1 heterocycles. The minimum atomic E-state index is -0.0486. The largest absolute Gasteiger partial charge is 0.355 e. The summed E-state index contributed by atoms with van der Waals surface area (Å²) >= 11 is 0. The summed E-state index contributed by atoms with van der Waals surface area (Å²) in [5, 5.41) is 2.92. The normalized spacial score (nSPS) is 29.1. The predicted molar refractivity (Wildman–Crippen MR) is 61.5 cm³/mol. The van der Waals surface area contributed by atoms with Crippen molar-refractivity contribution in [3.05, 3.63) is 0 Å². The van der Waals surface area contributed by atoms with E-state index in [1.165, 1.54) is 0 Å². The van der Waals surface area contributed by atoms with Crippen LogP contribution < -0.4 is 11.1 Å². The van der Waals surface area contributed by atoms with Crippen molar-refractivity contribution >= 4 is 5.91 Å². The van der Waals surface area contributed by atoms with Crippen molar-refractivity contribution in [2.45, 2.75) is 39.3 Å². The zero-order valence-electron chi connectivity index (χ0n) is 9.99. The first-order valence-corrected chi connectivity index (χ1v) is 5.83. The van der Waals surface area contributed by atoms with E-state index in [2.05, 4.69) is 24.1 Å². The first-order valence-electron chi connectivity index (χ1n) is 5.83. The van der Waals surface area contributed by atoms with Gasteiger partial charge < -0.3 is 11.1 Å². The molecular weight excluding hydrogens is 190 g/mol. The van der Waals surface area contributed by atoms with Crippen LogP contribution in [0.25, 0.3) is 0 Å². The van der Waals surface area contributed by atoms with Crippen LogP contribution in [-0.4, -0.2) is 42.5 Å². The van der Waals surface area contributed by atoms with Crippen molar-refractivity contribution < 1.29 is 4.79 Å². The van der Waals surface area contributed by atoms with Crippen LogP contribution in [0.15, 0.2) is 0 Å². The molecule has 1 aliphatic heterocycles. The highest BCUT2D eigenvalue weighted by Gasteiger charge is 2.32. The quantitative estimate of drug-likeness (QED) is 0.700. The Hall–Kier alpha value is -0.610. The third-order valence-corrected chi connectivity index (χ3v) is 3.18. The Bertz CT molecular complexity index is 210. The summed E-state index contributed by atoms with van der Waals surface area (Å²) in [5.41, 5.74) is 5.93. The molecule has 1 aliphatic rings. The molecule has 0 aromatic rings. The lowest BCUT2D eigenvalue weighted by Gasteiger charge is -2.23. The number of rotatable bonds is 4. The number of nitrogens with zero attached hydrogens (tertiary/aromatic N) is 1. The lowest BCUT2D eigenvalue weighted by molar-refractivity contribution is -0.125. The molecule has 1 rings (SSSR count). The summed E-state index contributed by atoms with van der Waals surface area (Å²) in [6, 6.07) is 0.166. The van der Waals surface area contributed by atoms with E-state index in [9.17, 15) is 4.79 Å². The van der Waals surface area contributed by atoms with Crippen molar-refractivity contribution in [1.82, 2.24) is 10.2 Å². The number of hydrogen-bond acceptors (Lipinski definition) is 3. The van der Waals surface area contributed by atoms with Gasteiger partial charge in [-0.1, -0.05) is 13.8 Å². The second-order valence-corrected chi connectivity index (χ2v) is 4.56. The van der Waals surface area contributed by atoms with Crippen LogP contribution in [0.1, 0.15) is 27.2 Å². The van der Waals surface area contributed by atoms with E-state index in [0.717, 1.165) is 26.1 Å². The highest BCUT2D eigenvalue weighted by Crippen LogP contribution is 2.16. The molecular formula is C11H23N3O. The van der Waals surface area contributed by atoms with E-state index in [4.69, 9.17) is 5.73 Å². The molecule has 3 atom stereocenters. The van der Waals surface area contributed by atoms with Crippen LogP contribution in [0.2, 0.25) is 0 Å². The van der Waals surface area contributed by atoms with Gasteiger partial charge in [0.15, 0.2) is 0 Å². The molecule has 88 valence electrons. The maximum Gasteiger partial charge on any atom is 0.237 e. The van der Waals surface area contributed by atoms with E-state index < -0.39 is 0 Å². The summed E-state index contributed by atoms with van der Waals surface area (Å²) in [6.45, 7) is 8.68. The number of likely N-dealkylation sites (tertiary alicyclic amines) is 1. The molecule has 0 aromatic carbocycles. The molecule has 0 aliphatic carbocycles. The topological polar surface area (TPSA) is 58.4 Å². The smallest absolute Gasteiger partial charge is 0.237 e. The monoisotopic (exact) mass is 213 g/mol. The van der Waals surface area contributed by atoms with Crippen LogP contribution in [-0.2, 0) is 4.79 Å². The molecule has 3 N–H and O–H groups in total. The number of amides is 1. The van der Waals surface area contributed by atoms with Crippen LogP contribution in [0.3, 0.4) is 0 Å². The maximum absolute atomic E-state index is 11.7. The molecule has 4 heteroatoms. The molecule has 1 fully saturated rings. The first kappa shape index (κ1) is 12.5. The predicted octanol–water partition coefficient (Wildman–Crippen LogP) is 0.180. The maximum atomic E-state index is 11.7. The number of nitrogens with one attached hydrogen (secondary N) is 1. The van der Waals surface area contributed by atoms with Crippen LogP contribution in [0.5, 0.6) is 0 Å². The van der Waals surface area contributed by atoms with Gasteiger partial charge in [-0.05, 0) is 19.3 Å². The lowest BCUT2D eigenvalue weighted by Crippen LogP contribution is -2.45. The molecule has 4 nitrogen and oxygen atoms in total. The van der Waals surface area contributed by atoms with Crippen LogP contribution in [0.4, 0.5) is 0 Å². The van der Waals surface area contributed by atoms with Gasteiger partial charge in [0.1, 0.15) is 0 Å². The van der Waals surface area contributed by atoms with E-state index in [1.54, 1.807) is 0 Å². The van der Waals surface area contributed by atoms with Crippen molar-refractivity contribution in [3.63, 3.8) is 0 Å². The Morgan fingerprint density at radius 3 is 2.73 bits per heavy atom. The second-order valence-electron chi connectivity index (χ2n) is 4.56. The summed E-state index contributed by atoms with van der Waals surface area (Å²) in [6.07, 6.45) is 0.981. The molecule has 0 bridgehead atoms. The summed E-state index contributed by atoms with van der Waals surface area (Å²) < 4.78 is 0. The molecule has 3 unspecified atom stereocenters. The van der Waals surface area contributed by atoms with Gasteiger partial charge in [0.25, 0.3) is 0 Å². The minimum absolute atomic E-state index is 0.0486. The average Bonchev–Trinajstić information content (AvgIpc) is 2.54. The molecule has 0 spiro atoms. The fourth-order valence-corrected chi connectivity index (χ4v) is 1.91. The highest BCUT2D eigenvalue weighted by atomic mass is 16.2. The third kappa shape index (κ3) is 3.18. The number of carbonyl (C=O) groups is 1. The Labute approximate surface area is 92.2 Å². The number of hydrogen-bond donors (Lipinski definition) is 2. The minimum Gasteiger partial charge on any atom is -0.355 e. The van der Waals surface area contributed by atoms with E-state index >= 15 is 0 Å². The fourth-order valence-electron chi connectivity index (χ4n) is 1.91. The summed E-state index contributed by atoms with van der Waals surface area (Å²) in [4.78, 5) is 13.9. The van der Waals surface area contributed by atoms with Crippen LogP contribution in [0, 0.1) is 5.92 Å². The lowest BCUT2D eigenvalue weighted by atomic mass is 10.1. The third-order valence-electron chi connectivity index (χ3n) is 3.18. The average molecular weight is 213 g/mol. The van der Waals surface area contributed by atoms with E-state index in [0.29, 0.717) is 5.92 Å². The number of carbonyl (C=O) groups excluding carboxylic acids is 1. The zero-order valence-corrected chi connectivity index (χ0v) is 9.99. The Balaban J connectivity index is 2.40. The molecule has 0 saturated carbocycles. The SMILES string of the molecule is CCCNC(=O)C(C)N1CC(C)C(N)C1.